The van der Waals surface area contributed by atoms with Crippen LogP contribution in [0.2, 0.25) is 0 Å². The Hall–Kier alpha value is -1.52. The Morgan fingerprint density at radius 1 is 1.21 bits per heavy atom. The van der Waals surface area contributed by atoms with Crippen LogP contribution in [0.1, 0.15) is 52.8 Å². The fourth-order valence-electron chi connectivity index (χ4n) is 1.58. The third-order valence-corrected chi connectivity index (χ3v) is 2.74. The van der Waals surface area contributed by atoms with Gasteiger partial charge in [-0.3, -0.25) is 0 Å². The lowest BCUT2D eigenvalue weighted by molar-refractivity contribution is 0.326. The lowest BCUT2D eigenvalue weighted by atomic mass is 10.1. The van der Waals surface area contributed by atoms with Crippen molar-refractivity contribution in [1.29, 1.82) is 0 Å². The third kappa shape index (κ3) is 4.58. The largest absolute Gasteiger partial charge is 0.476 e. The summed E-state index contributed by atoms with van der Waals surface area (Å²) in [4.78, 5) is 8.85. The zero-order valence-electron chi connectivity index (χ0n) is 12.7. The van der Waals surface area contributed by atoms with E-state index in [4.69, 9.17) is 10.5 Å². The molecule has 0 saturated heterocycles. The summed E-state index contributed by atoms with van der Waals surface area (Å²) in [5.41, 5.74) is 6.54. The van der Waals surface area contributed by atoms with Crippen molar-refractivity contribution >= 4 is 11.5 Å². The number of rotatable bonds is 7. The number of hydrogen-bond donors (Lipinski definition) is 2. The predicted molar refractivity (Wildman–Crippen MR) is 79.6 cm³/mol. The van der Waals surface area contributed by atoms with Gasteiger partial charge in [0.15, 0.2) is 5.82 Å². The van der Waals surface area contributed by atoms with Gasteiger partial charge in [-0.1, -0.05) is 27.7 Å². The van der Waals surface area contributed by atoms with Gasteiger partial charge in [0.25, 0.3) is 0 Å². The average molecular weight is 266 g/mol. The summed E-state index contributed by atoms with van der Waals surface area (Å²) in [6, 6.07) is 0. The normalized spacial score (nSPS) is 11.1. The van der Waals surface area contributed by atoms with Gasteiger partial charge >= 0.3 is 0 Å². The maximum atomic E-state index is 6.04. The first-order valence-corrected chi connectivity index (χ1v) is 6.99. The van der Waals surface area contributed by atoms with Gasteiger partial charge in [-0.2, -0.15) is 4.98 Å². The predicted octanol–water partition coefficient (Wildman–Crippen LogP) is 3.04. The smallest absolute Gasteiger partial charge is 0.242 e. The molecule has 0 aliphatic heterocycles. The number of nitrogens with two attached hydrogens (primary N) is 1. The third-order valence-electron chi connectivity index (χ3n) is 2.74. The maximum absolute atomic E-state index is 6.04. The highest BCUT2D eigenvalue weighted by atomic mass is 16.5. The molecule has 0 spiro atoms. The van der Waals surface area contributed by atoms with Crippen molar-refractivity contribution in [2.45, 2.75) is 47.0 Å². The molecule has 0 saturated carbocycles. The number of ether oxygens (including phenoxy) is 1. The van der Waals surface area contributed by atoms with Gasteiger partial charge in [0.1, 0.15) is 11.5 Å². The molecule has 0 aliphatic carbocycles. The minimum Gasteiger partial charge on any atom is -0.476 e. The summed E-state index contributed by atoms with van der Waals surface area (Å²) in [6.07, 6.45) is 1.07. The van der Waals surface area contributed by atoms with E-state index in [2.05, 4.69) is 43.0 Å². The Kier molecular flexibility index (Phi) is 5.86. The zero-order valence-corrected chi connectivity index (χ0v) is 12.7. The van der Waals surface area contributed by atoms with Crippen molar-refractivity contribution in [2.75, 3.05) is 24.2 Å². The van der Waals surface area contributed by atoms with Crippen LogP contribution in [0.3, 0.4) is 0 Å². The second-order valence-corrected chi connectivity index (χ2v) is 5.35. The molecule has 5 nitrogen and oxygen atoms in total. The maximum Gasteiger partial charge on any atom is 0.242 e. The Morgan fingerprint density at radius 3 is 2.42 bits per heavy atom. The van der Waals surface area contributed by atoms with E-state index >= 15 is 0 Å². The molecular formula is C14H26N4O. The zero-order chi connectivity index (χ0) is 14.4. The van der Waals surface area contributed by atoms with E-state index in [1.54, 1.807) is 0 Å². The Morgan fingerprint density at radius 2 is 1.89 bits per heavy atom. The molecule has 1 heterocycles. The summed E-state index contributed by atoms with van der Waals surface area (Å²) < 4.78 is 5.48. The van der Waals surface area contributed by atoms with Crippen molar-refractivity contribution in [3.8, 4) is 5.88 Å². The molecule has 0 aromatic carbocycles. The molecule has 19 heavy (non-hydrogen) atoms. The molecule has 0 aliphatic rings. The molecular weight excluding hydrogens is 240 g/mol. The molecule has 0 atom stereocenters. The highest BCUT2D eigenvalue weighted by Crippen LogP contribution is 2.28. The van der Waals surface area contributed by atoms with E-state index in [1.807, 2.05) is 6.92 Å². The van der Waals surface area contributed by atoms with Gasteiger partial charge in [-0.25, -0.2) is 4.98 Å². The number of nitrogens with zero attached hydrogens (tertiary/aromatic N) is 2. The first-order valence-electron chi connectivity index (χ1n) is 6.99. The van der Waals surface area contributed by atoms with Crippen LogP contribution < -0.4 is 15.8 Å². The standard InChI is InChI=1S/C14H26N4O/c1-6-19-14-11(15)13(16-8-7-9(2)3)17-12(18-14)10(4)5/h9-10H,6-8,15H2,1-5H3,(H,16,17,18). The van der Waals surface area contributed by atoms with Crippen molar-refractivity contribution in [1.82, 2.24) is 9.97 Å². The molecule has 0 bridgehead atoms. The summed E-state index contributed by atoms with van der Waals surface area (Å²) in [6.45, 7) is 11.8. The lowest BCUT2D eigenvalue weighted by Crippen LogP contribution is -2.13. The number of anilines is 2. The molecule has 1 aromatic heterocycles. The van der Waals surface area contributed by atoms with Gasteiger partial charge in [0.05, 0.1) is 6.61 Å². The number of nitrogens with one attached hydrogen (secondary N) is 1. The summed E-state index contributed by atoms with van der Waals surface area (Å²) in [5.74, 6) is 2.80. The summed E-state index contributed by atoms with van der Waals surface area (Å²) in [5, 5.41) is 3.28. The minimum absolute atomic E-state index is 0.241. The SMILES string of the molecule is CCOc1nc(C(C)C)nc(NCCC(C)C)c1N. The fraction of sp³-hybridized carbons (Fsp3) is 0.714. The van der Waals surface area contributed by atoms with Gasteiger partial charge in [-0.15, -0.1) is 0 Å². The van der Waals surface area contributed by atoms with Crippen molar-refractivity contribution in [3.05, 3.63) is 5.82 Å². The van der Waals surface area contributed by atoms with E-state index in [1.165, 1.54) is 0 Å². The van der Waals surface area contributed by atoms with E-state index < -0.39 is 0 Å². The first-order chi connectivity index (χ1) is 8.95. The Bertz CT molecular complexity index is 405. The molecule has 0 amide bonds. The van der Waals surface area contributed by atoms with Crippen LogP contribution >= 0.6 is 0 Å². The van der Waals surface area contributed by atoms with Gasteiger partial charge in [0, 0.05) is 12.5 Å². The monoisotopic (exact) mass is 266 g/mol. The summed E-state index contributed by atoms with van der Waals surface area (Å²) >= 11 is 0. The van der Waals surface area contributed by atoms with E-state index in [9.17, 15) is 0 Å². The minimum atomic E-state index is 0.241. The van der Waals surface area contributed by atoms with Crippen LogP contribution in [-0.2, 0) is 0 Å². The second kappa shape index (κ2) is 7.16. The van der Waals surface area contributed by atoms with Crippen LogP contribution in [0.5, 0.6) is 5.88 Å². The number of hydrogen-bond acceptors (Lipinski definition) is 5. The Labute approximate surface area is 116 Å². The van der Waals surface area contributed by atoms with Crippen molar-refractivity contribution < 1.29 is 4.74 Å². The molecule has 1 aromatic rings. The molecule has 0 unspecified atom stereocenters. The molecule has 0 fully saturated rings. The highest BCUT2D eigenvalue weighted by Gasteiger charge is 2.14. The number of nitrogen functional groups attached to an aromatic ring is 1. The van der Waals surface area contributed by atoms with Crippen LogP contribution in [-0.4, -0.2) is 23.1 Å². The molecule has 1 rings (SSSR count). The quantitative estimate of drug-likeness (QED) is 0.793. The van der Waals surface area contributed by atoms with E-state index in [-0.39, 0.29) is 5.92 Å². The van der Waals surface area contributed by atoms with E-state index in [0.29, 0.717) is 29.9 Å². The van der Waals surface area contributed by atoms with E-state index in [0.717, 1.165) is 18.8 Å². The molecule has 5 heteroatoms. The van der Waals surface area contributed by atoms with Crippen molar-refractivity contribution in [2.24, 2.45) is 5.92 Å². The highest BCUT2D eigenvalue weighted by molar-refractivity contribution is 5.67. The average Bonchev–Trinajstić information content (AvgIpc) is 2.33. The van der Waals surface area contributed by atoms with Crippen LogP contribution in [0.25, 0.3) is 0 Å². The van der Waals surface area contributed by atoms with Gasteiger partial charge in [0.2, 0.25) is 5.88 Å². The van der Waals surface area contributed by atoms with Crippen molar-refractivity contribution in [3.63, 3.8) is 0 Å². The lowest BCUT2D eigenvalue weighted by Gasteiger charge is -2.15. The molecule has 108 valence electrons. The van der Waals surface area contributed by atoms with Gasteiger partial charge in [-0.05, 0) is 19.3 Å². The van der Waals surface area contributed by atoms with Crippen LogP contribution in [0, 0.1) is 5.92 Å². The second-order valence-electron chi connectivity index (χ2n) is 5.35. The summed E-state index contributed by atoms with van der Waals surface area (Å²) in [7, 11) is 0. The topological polar surface area (TPSA) is 73.1 Å². The first kappa shape index (κ1) is 15.5. The number of aromatic nitrogens is 2. The van der Waals surface area contributed by atoms with Gasteiger partial charge < -0.3 is 15.8 Å². The van der Waals surface area contributed by atoms with Crippen LogP contribution in [0.15, 0.2) is 0 Å². The van der Waals surface area contributed by atoms with Crippen LogP contribution in [0.4, 0.5) is 11.5 Å². The Balaban J connectivity index is 2.93. The molecule has 0 radical (unpaired) electrons. The fourth-order valence-corrected chi connectivity index (χ4v) is 1.58. The molecule has 3 N–H and O–H groups in total.